The van der Waals surface area contributed by atoms with Crippen LogP contribution in [0.2, 0.25) is 0 Å². The van der Waals surface area contributed by atoms with Gasteiger partial charge in [0.2, 0.25) is 0 Å². The molecule has 1 aliphatic rings. The van der Waals surface area contributed by atoms with Crippen molar-refractivity contribution in [1.82, 2.24) is 10.3 Å². The lowest BCUT2D eigenvalue weighted by Crippen LogP contribution is -2.38. The van der Waals surface area contributed by atoms with E-state index in [0.29, 0.717) is 23.0 Å². The minimum Gasteiger partial charge on any atom is -0.384 e. The Bertz CT molecular complexity index is 492. The normalized spacial score (nSPS) is 17.1. The lowest BCUT2D eigenvalue weighted by Gasteiger charge is -2.28. The van der Waals surface area contributed by atoms with Crippen molar-refractivity contribution >= 4 is 23.0 Å². The van der Waals surface area contributed by atoms with E-state index in [-0.39, 0.29) is 17.1 Å². The Balaban J connectivity index is 1.95. The summed E-state index contributed by atoms with van der Waals surface area (Å²) in [6.45, 7) is 2.74. The van der Waals surface area contributed by atoms with Gasteiger partial charge in [-0.3, -0.25) is 9.59 Å². The number of Topliss-reactive ketones (excluding diaryl/α,β-unsaturated/α-hetero) is 1. The SMILES string of the molecule is COCC1(CNC(=O)c2cnc(C(C)=O)s2)CCCC1. The van der Waals surface area contributed by atoms with Crippen molar-refractivity contribution in [2.45, 2.75) is 32.6 Å². The molecule has 1 fully saturated rings. The molecule has 1 aromatic heterocycles. The number of amides is 1. The minimum absolute atomic E-state index is 0.0680. The van der Waals surface area contributed by atoms with Crippen LogP contribution in [-0.2, 0) is 4.74 Å². The van der Waals surface area contributed by atoms with Crippen molar-refractivity contribution in [2.24, 2.45) is 5.41 Å². The molecule has 1 aromatic rings. The van der Waals surface area contributed by atoms with Gasteiger partial charge < -0.3 is 10.1 Å². The molecule has 0 radical (unpaired) electrons. The van der Waals surface area contributed by atoms with Gasteiger partial charge in [-0.05, 0) is 12.8 Å². The average molecular weight is 296 g/mol. The molecule has 0 saturated heterocycles. The molecule has 0 bridgehead atoms. The van der Waals surface area contributed by atoms with Crippen molar-refractivity contribution in [1.29, 1.82) is 0 Å². The number of methoxy groups -OCH3 is 1. The highest BCUT2D eigenvalue weighted by molar-refractivity contribution is 7.15. The van der Waals surface area contributed by atoms with Crippen molar-refractivity contribution in [2.75, 3.05) is 20.3 Å². The van der Waals surface area contributed by atoms with Gasteiger partial charge in [-0.2, -0.15) is 0 Å². The zero-order valence-electron chi connectivity index (χ0n) is 11.9. The molecule has 1 aliphatic carbocycles. The van der Waals surface area contributed by atoms with Gasteiger partial charge in [-0.15, -0.1) is 11.3 Å². The second-order valence-electron chi connectivity index (χ2n) is 5.41. The maximum absolute atomic E-state index is 12.1. The fraction of sp³-hybridized carbons (Fsp3) is 0.643. The number of hydrogen-bond acceptors (Lipinski definition) is 5. The molecule has 0 aromatic carbocycles. The van der Waals surface area contributed by atoms with Gasteiger partial charge in [-0.25, -0.2) is 4.98 Å². The molecule has 5 nitrogen and oxygen atoms in total. The first-order valence-corrected chi connectivity index (χ1v) is 7.62. The third kappa shape index (κ3) is 3.43. The molecule has 1 heterocycles. The van der Waals surface area contributed by atoms with Crippen molar-refractivity contribution in [3.05, 3.63) is 16.1 Å². The summed E-state index contributed by atoms with van der Waals surface area (Å²) in [6, 6.07) is 0. The highest BCUT2D eigenvalue weighted by Gasteiger charge is 2.34. The van der Waals surface area contributed by atoms with Crippen LogP contribution in [0, 0.1) is 5.41 Å². The molecule has 0 atom stereocenters. The lowest BCUT2D eigenvalue weighted by molar-refractivity contribution is 0.0742. The number of carbonyl (C=O) groups is 2. The summed E-state index contributed by atoms with van der Waals surface area (Å²) in [4.78, 5) is 27.7. The molecule has 1 N–H and O–H groups in total. The number of ketones is 1. The van der Waals surface area contributed by atoms with Crippen LogP contribution in [-0.4, -0.2) is 36.9 Å². The summed E-state index contributed by atoms with van der Waals surface area (Å²) < 4.78 is 5.30. The standard InChI is InChI=1S/C14H20N2O3S/c1-10(17)13-15-7-11(20-13)12(18)16-8-14(9-19-2)5-3-4-6-14/h7H,3-6,8-9H2,1-2H3,(H,16,18). The van der Waals surface area contributed by atoms with Crippen LogP contribution in [0.25, 0.3) is 0 Å². The predicted octanol–water partition coefficient (Wildman–Crippen LogP) is 2.28. The Morgan fingerprint density at radius 2 is 2.15 bits per heavy atom. The second-order valence-corrected chi connectivity index (χ2v) is 6.44. The predicted molar refractivity (Wildman–Crippen MR) is 77.2 cm³/mol. The number of carbonyl (C=O) groups excluding carboxylic acids is 2. The van der Waals surface area contributed by atoms with E-state index in [4.69, 9.17) is 4.74 Å². The van der Waals surface area contributed by atoms with Crippen molar-refractivity contribution in [3.8, 4) is 0 Å². The van der Waals surface area contributed by atoms with Crippen molar-refractivity contribution in [3.63, 3.8) is 0 Å². The molecule has 0 aliphatic heterocycles. The Morgan fingerprint density at radius 3 is 2.70 bits per heavy atom. The number of hydrogen-bond donors (Lipinski definition) is 1. The van der Waals surface area contributed by atoms with Gasteiger partial charge in [0.15, 0.2) is 10.8 Å². The zero-order valence-corrected chi connectivity index (χ0v) is 12.7. The van der Waals surface area contributed by atoms with E-state index < -0.39 is 0 Å². The van der Waals surface area contributed by atoms with Crippen molar-refractivity contribution < 1.29 is 14.3 Å². The average Bonchev–Trinajstić information content (AvgIpc) is 3.06. The highest BCUT2D eigenvalue weighted by atomic mass is 32.1. The first kappa shape index (κ1) is 15.1. The molecule has 1 saturated carbocycles. The van der Waals surface area contributed by atoms with Crippen LogP contribution in [0.4, 0.5) is 0 Å². The first-order valence-electron chi connectivity index (χ1n) is 6.80. The summed E-state index contributed by atoms with van der Waals surface area (Å²) >= 11 is 1.14. The highest BCUT2D eigenvalue weighted by Crippen LogP contribution is 2.37. The number of aromatic nitrogens is 1. The van der Waals surface area contributed by atoms with Gasteiger partial charge in [0.25, 0.3) is 5.91 Å². The number of ether oxygens (including phenoxy) is 1. The van der Waals surface area contributed by atoms with Crippen LogP contribution >= 0.6 is 11.3 Å². The Morgan fingerprint density at radius 1 is 1.45 bits per heavy atom. The van der Waals surface area contributed by atoms with Crippen LogP contribution in [0.3, 0.4) is 0 Å². The molecule has 0 unspecified atom stereocenters. The molecule has 1 amide bonds. The maximum Gasteiger partial charge on any atom is 0.263 e. The number of nitrogens with one attached hydrogen (secondary N) is 1. The topological polar surface area (TPSA) is 68.3 Å². The maximum atomic E-state index is 12.1. The smallest absolute Gasteiger partial charge is 0.263 e. The lowest BCUT2D eigenvalue weighted by atomic mass is 9.87. The van der Waals surface area contributed by atoms with Gasteiger partial charge in [0, 0.05) is 26.0 Å². The van der Waals surface area contributed by atoms with Gasteiger partial charge in [-0.1, -0.05) is 12.8 Å². The second kappa shape index (κ2) is 6.45. The van der Waals surface area contributed by atoms with Crippen LogP contribution in [0.5, 0.6) is 0 Å². The summed E-state index contributed by atoms with van der Waals surface area (Å²) in [5.41, 5.74) is 0.0680. The van der Waals surface area contributed by atoms with E-state index in [1.54, 1.807) is 7.11 Å². The van der Waals surface area contributed by atoms with Gasteiger partial charge in [0.1, 0.15) is 4.88 Å². The third-order valence-corrected chi connectivity index (χ3v) is 4.87. The van der Waals surface area contributed by atoms with E-state index in [1.807, 2.05) is 0 Å². The third-order valence-electron chi connectivity index (χ3n) is 3.77. The summed E-state index contributed by atoms with van der Waals surface area (Å²) in [7, 11) is 1.70. The fourth-order valence-electron chi connectivity index (χ4n) is 2.70. The minimum atomic E-state index is -0.155. The van der Waals surface area contributed by atoms with E-state index in [2.05, 4.69) is 10.3 Å². The number of nitrogens with zero attached hydrogens (tertiary/aromatic N) is 1. The zero-order chi connectivity index (χ0) is 14.6. The first-order chi connectivity index (χ1) is 9.56. The Labute approximate surface area is 122 Å². The van der Waals surface area contributed by atoms with Crippen LogP contribution in [0.1, 0.15) is 52.1 Å². The quantitative estimate of drug-likeness (QED) is 0.818. The van der Waals surface area contributed by atoms with E-state index in [1.165, 1.54) is 26.0 Å². The van der Waals surface area contributed by atoms with E-state index >= 15 is 0 Å². The Kier molecular flexibility index (Phi) is 4.88. The van der Waals surface area contributed by atoms with E-state index in [0.717, 1.165) is 24.2 Å². The summed E-state index contributed by atoms with van der Waals surface area (Å²) in [5.74, 6) is -0.266. The molecule has 2 rings (SSSR count). The number of rotatable bonds is 6. The fourth-order valence-corrected chi connectivity index (χ4v) is 3.43. The molecular weight excluding hydrogens is 276 g/mol. The molecular formula is C14H20N2O3S. The van der Waals surface area contributed by atoms with Gasteiger partial charge in [0.05, 0.1) is 12.8 Å². The molecule has 110 valence electrons. The summed E-state index contributed by atoms with van der Waals surface area (Å²) in [5, 5.41) is 3.34. The van der Waals surface area contributed by atoms with Crippen LogP contribution in [0.15, 0.2) is 6.20 Å². The van der Waals surface area contributed by atoms with Crippen LogP contribution < -0.4 is 5.32 Å². The number of thiazole rings is 1. The van der Waals surface area contributed by atoms with Gasteiger partial charge >= 0.3 is 0 Å². The molecule has 6 heteroatoms. The van der Waals surface area contributed by atoms with E-state index in [9.17, 15) is 9.59 Å². The molecule has 20 heavy (non-hydrogen) atoms. The summed E-state index contributed by atoms with van der Waals surface area (Å²) in [6.07, 6.45) is 6.02. The monoisotopic (exact) mass is 296 g/mol. The Hall–Kier alpha value is -1.27. The largest absolute Gasteiger partial charge is 0.384 e. The molecule has 0 spiro atoms.